The molecule has 0 bridgehead atoms. The maximum Gasteiger partial charge on any atom is 0.224 e. The Hall–Kier alpha value is -1.36. The molecule has 0 aromatic carbocycles. The highest BCUT2D eigenvalue weighted by atomic mass is 16.1. The van der Waals surface area contributed by atoms with Gasteiger partial charge in [0.15, 0.2) is 0 Å². The molecule has 3 N–H and O–H groups in total. The van der Waals surface area contributed by atoms with E-state index >= 15 is 0 Å². The molecule has 0 radical (unpaired) electrons. The number of aromatic nitrogens is 2. The van der Waals surface area contributed by atoms with Gasteiger partial charge in [-0.15, -0.1) is 0 Å². The molecule has 1 aromatic heterocycles. The van der Waals surface area contributed by atoms with Crippen molar-refractivity contribution in [3.63, 3.8) is 0 Å². The number of hydrogen-bond acceptors (Lipinski definition) is 3. The summed E-state index contributed by atoms with van der Waals surface area (Å²) in [7, 11) is 1.89. The topological polar surface area (TPSA) is 72.9 Å². The number of aryl methyl sites for hydroxylation is 2. The lowest BCUT2D eigenvalue weighted by molar-refractivity contribution is -0.120. The molecule has 0 atom stereocenters. The molecule has 108 valence electrons. The fourth-order valence-corrected chi connectivity index (χ4v) is 2.07. The van der Waals surface area contributed by atoms with E-state index in [4.69, 9.17) is 5.73 Å². The second-order valence-corrected chi connectivity index (χ2v) is 5.30. The molecular weight excluding hydrogens is 240 g/mol. The molecule has 0 spiro atoms. The van der Waals surface area contributed by atoms with Gasteiger partial charge in [0, 0.05) is 30.4 Å². The van der Waals surface area contributed by atoms with Gasteiger partial charge in [0.2, 0.25) is 5.91 Å². The van der Waals surface area contributed by atoms with Crippen molar-refractivity contribution < 1.29 is 4.79 Å². The lowest BCUT2D eigenvalue weighted by Gasteiger charge is -2.26. The predicted octanol–water partition coefficient (Wildman–Crippen LogP) is 1.21. The van der Waals surface area contributed by atoms with Crippen LogP contribution in [0.15, 0.2) is 0 Å². The molecule has 5 nitrogen and oxygen atoms in total. The number of rotatable bonds is 6. The molecule has 19 heavy (non-hydrogen) atoms. The van der Waals surface area contributed by atoms with E-state index in [1.165, 1.54) is 0 Å². The van der Waals surface area contributed by atoms with Crippen LogP contribution in [-0.2, 0) is 18.3 Å². The van der Waals surface area contributed by atoms with Gasteiger partial charge in [0.05, 0.1) is 12.1 Å². The van der Waals surface area contributed by atoms with Crippen LogP contribution in [0.2, 0.25) is 0 Å². The van der Waals surface area contributed by atoms with E-state index in [1.54, 1.807) is 0 Å². The second kappa shape index (κ2) is 6.19. The third-order valence-electron chi connectivity index (χ3n) is 4.04. The van der Waals surface area contributed by atoms with Gasteiger partial charge in [-0.3, -0.25) is 9.48 Å². The quantitative estimate of drug-likeness (QED) is 0.813. The molecule has 0 aliphatic heterocycles. The van der Waals surface area contributed by atoms with Crippen LogP contribution in [0.25, 0.3) is 0 Å². The van der Waals surface area contributed by atoms with Gasteiger partial charge in [0.1, 0.15) is 0 Å². The van der Waals surface area contributed by atoms with Crippen LogP contribution in [0.5, 0.6) is 0 Å². The second-order valence-electron chi connectivity index (χ2n) is 5.30. The van der Waals surface area contributed by atoms with Crippen molar-refractivity contribution in [1.82, 2.24) is 15.1 Å². The maximum atomic E-state index is 12.0. The number of hydrogen-bond donors (Lipinski definition) is 2. The third-order valence-corrected chi connectivity index (χ3v) is 4.04. The number of carbonyl (C=O) groups excluding carboxylic acids is 1. The minimum atomic E-state index is -0.297. The normalized spacial score (nSPS) is 11.7. The summed E-state index contributed by atoms with van der Waals surface area (Å²) in [6, 6.07) is 0. The summed E-state index contributed by atoms with van der Waals surface area (Å²) in [5, 5.41) is 7.25. The SMILES string of the molecule is CCC(N)(CC)CNC(=O)Cc1c(C)nn(C)c1C. The Labute approximate surface area is 115 Å². The lowest BCUT2D eigenvalue weighted by atomic mass is 9.94. The Morgan fingerprint density at radius 3 is 2.37 bits per heavy atom. The van der Waals surface area contributed by atoms with Crippen molar-refractivity contribution in [3.8, 4) is 0 Å². The van der Waals surface area contributed by atoms with Crippen LogP contribution in [-0.4, -0.2) is 27.8 Å². The molecule has 0 unspecified atom stereocenters. The summed E-state index contributed by atoms with van der Waals surface area (Å²) in [6.45, 7) is 8.53. The Morgan fingerprint density at radius 2 is 1.95 bits per heavy atom. The molecule has 1 aromatic rings. The number of nitrogens with zero attached hydrogens (tertiary/aromatic N) is 2. The summed E-state index contributed by atoms with van der Waals surface area (Å²) in [6.07, 6.45) is 2.08. The van der Waals surface area contributed by atoms with E-state index in [9.17, 15) is 4.79 Å². The zero-order chi connectivity index (χ0) is 14.6. The monoisotopic (exact) mass is 266 g/mol. The Kier molecular flexibility index (Phi) is 5.11. The van der Waals surface area contributed by atoms with Crippen LogP contribution in [0.4, 0.5) is 0 Å². The number of carbonyl (C=O) groups is 1. The zero-order valence-corrected chi connectivity index (χ0v) is 12.7. The first kappa shape index (κ1) is 15.7. The van der Waals surface area contributed by atoms with Crippen molar-refractivity contribution in [2.75, 3.05) is 6.54 Å². The number of nitrogens with one attached hydrogen (secondary N) is 1. The summed E-state index contributed by atoms with van der Waals surface area (Å²) >= 11 is 0. The van der Waals surface area contributed by atoms with Gasteiger partial charge in [-0.25, -0.2) is 0 Å². The van der Waals surface area contributed by atoms with E-state index < -0.39 is 0 Å². The van der Waals surface area contributed by atoms with E-state index in [0.29, 0.717) is 13.0 Å². The average molecular weight is 266 g/mol. The molecule has 5 heteroatoms. The lowest BCUT2D eigenvalue weighted by Crippen LogP contribution is -2.49. The van der Waals surface area contributed by atoms with Gasteiger partial charge in [-0.05, 0) is 26.7 Å². The minimum Gasteiger partial charge on any atom is -0.354 e. The summed E-state index contributed by atoms with van der Waals surface area (Å²) in [5.74, 6) is 0.0101. The average Bonchev–Trinajstić information content (AvgIpc) is 2.63. The standard InChI is InChI=1S/C14H26N4O/c1-6-14(15,7-2)9-16-13(19)8-12-10(3)17-18(5)11(12)4/h6-9,15H2,1-5H3,(H,16,19). The van der Waals surface area contributed by atoms with E-state index in [0.717, 1.165) is 29.8 Å². The molecule has 0 aliphatic rings. The zero-order valence-electron chi connectivity index (χ0n) is 12.7. The first-order valence-corrected chi connectivity index (χ1v) is 6.87. The number of nitrogens with two attached hydrogens (primary N) is 1. The van der Waals surface area contributed by atoms with Crippen molar-refractivity contribution >= 4 is 5.91 Å². The maximum absolute atomic E-state index is 12.0. The summed E-state index contributed by atoms with van der Waals surface area (Å²) in [5.41, 5.74) is 8.84. The summed E-state index contributed by atoms with van der Waals surface area (Å²) < 4.78 is 1.81. The Morgan fingerprint density at radius 1 is 1.37 bits per heavy atom. The number of amides is 1. The van der Waals surface area contributed by atoms with Gasteiger partial charge in [-0.2, -0.15) is 5.10 Å². The fourth-order valence-electron chi connectivity index (χ4n) is 2.07. The highest BCUT2D eigenvalue weighted by Crippen LogP contribution is 2.13. The van der Waals surface area contributed by atoms with E-state index in [2.05, 4.69) is 10.4 Å². The van der Waals surface area contributed by atoms with E-state index in [-0.39, 0.29) is 11.4 Å². The molecular formula is C14H26N4O. The van der Waals surface area contributed by atoms with Gasteiger partial charge in [0.25, 0.3) is 0 Å². The van der Waals surface area contributed by atoms with Crippen molar-refractivity contribution in [1.29, 1.82) is 0 Å². The highest BCUT2D eigenvalue weighted by molar-refractivity contribution is 5.79. The van der Waals surface area contributed by atoms with Crippen LogP contribution >= 0.6 is 0 Å². The molecule has 0 saturated carbocycles. The van der Waals surface area contributed by atoms with Gasteiger partial charge in [-0.1, -0.05) is 13.8 Å². The van der Waals surface area contributed by atoms with Crippen molar-refractivity contribution in [2.24, 2.45) is 12.8 Å². The molecule has 0 saturated heterocycles. The molecule has 0 fully saturated rings. The Bertz CT molecular complexity index is 447. The van der Waals surface area contributed by atoms with E-state index in [1.807, 2.05) is 39.4 Å². The van der Waals surface area contributed by atoms with Crippen LogP contribution in [0, 0.1) is 13.8 Å². The molecule has 1 amide bonds. The smallest absolute Gasteiger partial charge is 0.224 e. The third kappa shape index (κ3) is 3.80. The summed E-state index contributed by atoms with van der Waals surface area (Å²) in [4.78, 5) is 12.0. The Balaban J connectivity index is 2.61. The molecule has 0 aliphatic carbocycles. The first-order chi connectivity index (χ1) is 8.83. The van der Waals surface area contributed by atoms with Gasteiger partial charge >= 0.3 is 0 Å². The first-order valence-electron chi connectivity index (χ1n) is 6.87. The van der Waals surface area contributed by atoms with Crippen molar-refractivity contribution in [3.05, 3.63) is 17.0 Å². The van der Waals surface area contributed by atoms with Gasteiger partial charge < -0.3 is 11.1 Å². The van der Waals surface area contributed by atoms with Crippen LogP contribution in [0.1, 0.15) is 43.6 Å². The molecule has 1 rings (SSSR count). The molecule has 1 heterocycles. The van der Waals surface area contributed by atoms with Crippen LogP contribution < -0.4 is 11.1 Å². The van der Waals surface area contributed by atoms with Crippen LogP contribution in [0.3, 0.4) is 0 Å². The predicted molar refractivity (Wildman–Crippen MR) is 76.9 cm³/mol. The largest absolute Gasteiger partial charge is 0.354 e. The fraction of sp³-hybridized carbons (Fsp3) is 0.714. The highest BCUT2D eigenvalue weighted by Gasteiger charge is 2.21. The van der Waals surface area contributed by atoms with Crippen molar-refractivity contribution in [2.45, 2.75) is 52.5 Å². The minimum absolute atomic E-state index is 0.0101.